The minimum atomic E-state index is 0.0975. The quantitative estimate of drug-likeness (QED) is 0.727. The minimum Gasteiger partial charge on any atom is -0.324 e. The lowest BCUT2D eigenvalue weighted by Gasteiger charge is -2.24. The minimum absolute atomic E-state index is 0.0975. The SMILES string of the molecule is CCn1c2c(ccc1=O)C(N)CCC2. The standard InChI is InChI=1S/C11H16N2O/c1-2-13-10-5-3-4-9(12)8(10)6-7-11(13)14/h6-7,9H,2-5,12H2,1H3. The molecule has 76 valence electrons. The molecular formula is C11H16N2O. The smallest absolute Gasteiger partial charge is 0.250 e. The molecular weight excluding hydrogens is 176 g/mol. The summed E-state index contributed by atoms with van der Waals surface area (Å²) < 4.78 is 1.84. The molecule has 2 N–H and O–H groups in total. The Balaban J connectivity index is 2.61. The van der Waals surface area contributed by atoms with Crippen molar-refractivity contribution < 1.29 is 0 Å². The number of hydrogen-bond donors (Lipinski definition) is 1. The average Bonchev–Trinajstić information content (AvgIpc) is 2.18. The van der Waals surface area contributed by atoms with E-state index in [-0.39, 0.29) is 11.6 Å². The molecule has 0 saturated carbocycles. The van der Waals surface area contributed by atoms with E-state index in [0.29, 0.717) is 0 Å². The first-order valence-corrected chi connectivity index (χ1v) is 5.22. The van der Waals surface area contributed by atoms with Crippen LogP contribution in [0.2, 0.25) is 0 Å². The van der Waals surface area contributed by atoms with Crippen LogP contribution in [0.25, 0.3) is 0 Å². The molecule has 3 nitrogen and oxygen atoms in total. The van der Waals surface area contributed by atoms with Crippen LogP contribution in [0.15, 0.2) is 16.9 Å². The van der Waals surface area contributed by atoms with Crippen molar-refractivity contribution in [1.29, 1.82) is 0 Å². The summed E-state index contributed by atoms with van der Waals surface area (Å²) in [7, 11) is 0. The van der Waals surface area contributed by atoms with Crippen molar-refractivity contribution in [2.24, 2.45) is 5.73 Å². The summed E-state index contributed by atoms with van der Waals surface area (Å²) in [6.45, 7) is 2.75. The van der Waals surface area contributed by atoms with Crippen LogP contribution in [0, 0.1) is 0 Å². The molecule has 0 fully saturated rings. The van der Waals surface area contributed by atoms with E-state index in [4.69, 9.17) is 5.73 Å². The lowest BCUT2D eigenvalue weighted by Crippen LogP contribution is -2.28. The number of nitrogens with two attached hydrogens (primary N) is 1. The van der Waals surface area contributed by atoms with E-state index in [1.54, 1.807) is 6.07 Å². The third kappa shape index (κ3) is 1.38. The number of fused-ring (bicyclic) bond motifs is 1. The first-order chi connectivity index (χ1) is 6.74. The molecule has 1 unspecified atom stereocenters. The van der Waals surface area contributed by atoms with Crippen molar-refractivity contribution in [1.82, 2.24) is 4.57 Å². The Bertz CT molecular complexity index is 395. The van der Waals surface area contributed by atoms with Gasteiger partial charge >= 0.3 is 0 Å². The molecule has 2 rings (SSSR count). The maximum atomic E-state index is 11.6. The van der Waals surface area contributed by atoms with Gasteiger partial charge in [0.25, 0.3) is 5.56 Å². The van der Waals surface area contributed by atoms with E-state index in [2.05, 4.69) is 0 Å². The van der Waals surface area contributed by atoms with Gasteiger partial charge in [-0.1, -0.05) is 6.07 Å². The summed E-state index contributed by atoms with van der Waals surface area (Å²) >= 11 is 0. The average molecular weight is 192 g/mol. The highest BCUT2D eigenvalue weighted by molar-refractivity contribution is 5.27. The molecule has 1 atom stereocenters. The zero-order valence-electron chi connectivity index (χ0n) is 8.49. The van der Waals surface area contributed by atoms with Crippen LogP contribution in [0.1, 0.15) is 37.1 Å². The van der Waals surface area contributed by atoms with E-state index >= 15 is 0 Å². The van der Waals surface area contributed by atoms with Crippen molar-refractivity contribution in [3.63, 3.8) is 0 Å². The third-order valence-corrected chi connectivity index (χ3v) is 2.97. The number of rotatable bonds is 1. The molecule has 14 heavy (non-hydrogen) atoms. The molecule has 0 radical (unpaired) electrons. The Morgan fingerprint density at radius 1 is 1.57 bits per heavy atom. The summed E-state index contributed by atoms with van der Waals surface area (Å²) in [4.78, 5) is 11.6. The van der Waals surface area contributed by atoms with Crippen LogP contribution in [0.5, 0.6) is 0 Å². The van der Waals surface area contributed by atoms with Gasteiger partial charge in [-0.05, 0) is 31.7 Å². The molecule has 0 saturated heterocycles. The zero-order valence-corrected chi connectivity index (χ0v) is 8.49. The fourth-order valence-electron chi connectivity index (χ4n) is 2.24. The van der Waals surface area contributed by atoms with Gasteiger partial charge in [-0.25, -0.2) is 0 Å². The highest BCUT2D eigenvalue weighted by Gasteiger charge is 2.19. The van der Waals surface area contributed by atoms with Crippen molar-refractivity contribution >= 4 is 0 Å². The van der Waals surface area contributed by atoms with Gasteiger partial charge in [0.05, 0.1) is 0 Å². The summed E-state index contributed by atoms with van der Waals surface area (Å²) in [5.41, 5.74) is 8.42. The van der Waals surface area contributed by atoms with Gasteiger partial charge < -0.3 is 10.3 Å². The lowest BCUT2D eigenvalue weighted by atomic mass is 9.91. The van der Waals surface area contributed by atoms with Crippen LogP contribution in [-0.2, 0) is 13.0 Å². The maximum absolute atomic E-state index is 11.6. The number of pyridine rings is 1. The van der Waals surface area contributed by atoms with Gasteiger partial charge in [-0.15, -0.1) is 0 Å². The Morgan fingerprint density at radius 2 is 2.36 bits per heavy atom. The van der Waals surface area contributed by atoms with Gasteiger partial charge in [0.15, 0.2) is 0 Å². The highest BCUT2D eigenvalue weighted by Crippen LogP contribution is 2.26. The van der Waals surface area contributed by atoms with Crippen molar-refractivity contribution in [3.8, 4) is 0 Å². The zero-order chi connectivity index (χ0) is 10.1. The third-order valence-electron chi connectivity index (χ3n) is 2.97. The van der Waals surface area contributed by atoms with Crippen LogP contribution < -0.4 is 11.3 Å². The molecule has 1 heterocycles. The Morgan fingerprint density at radius 3 is 3.07 bits per heavy atom. The fraction of sp³-hybridized carbons (Fsp3) is 0.545. The van der Waals surface area contributed by atoms with E-state index in [1.165, 1.54) is 0 Å². The van der Waals surface area contributed by atoms with Gasteiger partial charge in [0.1, 0.15) is 0 Å². The number of aromatic nitrogens is 1. The van der Waals surface area contributed by atoms with Crippen LogP contribution in [0.3, 0.4) is 0 Å². The van der Waals surface area contributed by atoms with Crippen LogP contribution >= 0.6 is 0 Å². The maximum Gasteiger partial charge on any atom is 0.250 e. The molecule has 0 bridgehead atoms. The highest BCUT2D eigenvalue weighted by atomic mass is 16.1. The Hall–Kier alpha value is -1.09. The predicted octanol–water partition coefficient (Wildman–Crippen LogP) is 1.20. The van der Waals surface area contributed by atoms with Gasteiger partial charge in [0, 0.05) is 24.3 Å². The molecule has 0 aromatic carbocycles. The second-order valence-corrected chi connectivity index (χ2v) is 3.82. The van der Waals surface area contributed by atoms with Crippen molar-refractivity contribution in [2.45, 2.75) is 38.8 Å². The summed E-state index contributed by atoms with van der Waals surface area (Å²) in [6, 6.07) is 3.65. The molecule has 1 aliphatic rings. The number of nitrogens with zero attached hydrogens (tertiary/aromatic N) is 1. The number of hydrogen-bond acceptors (Lipinski definition) is 2. The second kappa shape index (κ2) is 3.58. The first-order valence-electron chi connectivity index (χ1n) is 5.22. The first kappa shape index (κ1) is 9.46. The lowest BCUT2D eigenvalue weighted by molar-refractivity contribution is 0.525. The Kier molecular flexibility index (Phi) is 2.42. The van der Waals surface area contributed by atoms with E-state index < -0.39 is 0 Å². The molecule has 1 aromatic heterocycles. The van der Waals surface area contributed by atoms with Crippen molar-refractivity contribution in [2.75, 3.05) is 0 Å². The monoisotopic (exact) mass is 192 g/mol. The van der Waals surface area contributed by atoms with Gasteiger partial charge in [-0.3, -0.25) is 4.79 Å². The molecule has 0 spiro atoms. The predicted molar refractivity (Wildman–Crippen MR) is 56.2 cm³/mol. The fourth-order valence-corrected chi connectivity index (χ4v) is 2.24. The molecule has 1 aromatic rings. The van der Waals surface area contributed by atoms with E-state index in [0.717, 1.165) is 37.1 Å². The van der Waals surface area contributed by atoms with Crippen molar-refractivity contribution in [3.05, 3.63) is 33.7 Å². The van der Waals surface area contributed by atoms with Crippen LogP contribution in [-0.4, -0.2) is 4.57 Å². The summed E-state index contributed by atoms with van der Waals surface area (Å²) in [5, 5.41) is 0. The molecule has 0 aliphatic heterocycles. The molecule has 1 aliphatic carbocycles. The topological polar surface area (TPSA) is 48.0 Å². The van der Waals surface area contributed by atoms with Gasteiger partial charge in [-0.2, -0.15) is 0 Å². The van der Waals surface area contributed by atoms with Crippen LogP contribution in [0.4, 0.5) is 0 Å². The van der Waals surface area contributed by atoms with Gasteiger partial charge in [0.2, 0.25) is 0 Å². The van der Waals surface area contributed by atoms with E-state index in [1.807, 2.05) is 17.6 Å². The summed E-state index contributed by atoms with van der Waals surface area (Å²) in [5.74, 6) is 0. The molecule has 0 amide bonds. The summed E-state index contributed by atoms with van der Waals surface area (Å²) in [6.07, 6.45) is 3.12. The Labute approximate surface area is 83.5 Å². The second-order valence-electron chi connectivity index (χ2n) is 3.82. The normalized spacial score (nSPS) is 20.6. The van der Waals surface area contributed by atoms with E-state index in [9.17, 15) is 4.79 Å². The molecule has 3 heteroatoms. The largest absolute Gasteiger partial charge is 0.324 e.